The van der Waals surface area contributed by atoms with Crippen molar-refractivity contribution in [3.05, 3.63) is 77.1 Å². The first-order valence-electron chi connectivity index (χ1n) is 6.54. The molecule has 0 aromatic heterocycles. The van der Waals surface area contributed by atoms with Crippen molar-refractivity contribution in [1.29, 1.82) is 0 Å². The van der Waals surface area contributed by atoms with Crippen molar-refractivity contribution in [3.8, 4) is 5.75 Å². The van der Waals surface area contributed by atoms with Crippen LogP contribution in [-0.2, 0) is 11.4 Å². The smallest absolute Gasteiger partial charge is 0.318 e. The lowest BCUT2D eigenvalue weighted by Gasteiger charge is -2.14. The SMILES string of the molecule is [C-]#[N+]C[C@@H](C(=O)O)c1ccccc1OCc1ccccc1. The zero-order chi connectivity index (χ0) is 15.1. The molecule has 0 aliphatic heterocycles. The van der Waals surface area contributed by atoms with E-state index < -0.39 is 11.9 Å². The zero-order valence-electron chi connectivity index (χ0n) is 11.4. The van der Waals surface area contributed by atoms with Crippen LogP contribution in [0, 0.1) is 6.57 Å². The highest BCUT2D eigenvalue weighted by atomic mass is 16.5. The van der Waals surface area contributed by atoms with E-state index in [-0.39, 0.29) is 6.54 Å². The molecule has 0 aliphatic carbocycles. The minimum absolute atomic E-state index is 0.0962. The fourth-order valence-electron chi connectivity index (χ4n) is 2.04. The molecule has 0 radical (unpaired) electrons. The molecule has 0 bridgehead atoms. The maximum absolute atomic E-state index is 11.3. The molecule has 0 amide bonds. The Hall–Kier alpha value is -2.80. The van der Waals surface area contributed by atoms with Crippen LogP contribution in [0.4, 0.5) is 0 Å². The van der Waals surface area contributed by atoms with Crippen molar-refractivity contribution in [1.82, 2.24) is 0 Å². The van der Waals surface area contributed by atoms with E-state index in [0.717, 1.165) is 5.56 Å². The zero-order valence-corrected chi connectivity index (χ0v) is 11.4. The summed E-state index contributed by atoms with van der Waals surface area (Å²) in [6, 6.07) is 16.6. The Bertz CT molecular complexity index is 647. The van der Waals surface area contributed by atoms with Gasteiger partial charge in [0, 0.05) is 5.56 Å². The molecule has 0 saturated carbocycles. The van der Waals surface area contributed by atoms with Gasteiger partial charge in [-0.05, 0) is 11.6 Å². The Morgan fingerprint density at radius 3 is 2.48 bits per heavy atom. The molecule has 106 valence electrons. The van der Waals surface area contributed by atoms with Crippen LogP contribution in [0.5, 0.6) is 5.75 Å². The molecule has 0 fully saturated rings. The van der Waals surface area contributed by atoms with E-state index in [1.807, 2.05) is 30.3 Å². The fourth-order valence-corrected chi connectivity index (χ4v) is 2.04. The van der Waals surface area contributed by atoms with Gasteiger partial charge < -0.3 is 14.7 Å². The van der Waals surface area contributed by atoms with Crippen LogP contribution in [0.2, 0.25) is 0 Å². The van der Waals surface area contributed by atoms with Gasteiger partial charge in [-0.15, -0.1) is 0 Å². The van der Waals surface area contributed by atoms with Crippen LogP contribution < -0.4 is 4.74 Å². The second-order valence-electron chi connectivity index (χ2n) is 4.54. The van der Waals surface area contributed by atoms with Gasteiger partial charge in [0.15, 0.2) is 5.92 Å². The van der Waals surface area contributed by atoms with E-state index in [4.69, 9.17) is 11.3 Å². The van der Waals surface area contributed by atoms with E-state index >= 15 is 0 Å². The number of para-hydroxylation sites is 1. The summed E-state index contributed by atoms with van der Waals surface area (Å²) in [6.07, 6.45) is 0. The van der Waals surface area contributed by atoms with Gasteiger partial charge in [-0.1, -0.05) is 48.5 Å². The van der Waals surface area contributed by atoms with Crippen molar-refractivity contribution in [2.75, 3.05) is 6.54 Å². The molecule has 0 aliphatic rings. The van der Waals surface area contributed by atoms with Crippen LogP contribution in [0.25, 0.3) is 4.85 Å². The first-order valence-corrected chi connectivity index (χ1v) is 6.54. The van der Waals surface area contributed by atoms with E-state index in [2.05, 4.69) is 4.85 Å². The Kier molecular flexibility index (Phi) is 4.94. The van der Waals surface area contributed by atoms with Crippen molar-refractivity contribution in [3.63, 3.8) is 0 Å². The van der Waals surface area contributed by atoms with Gasteiger partial charge in [-0.2, -0.15) is 0 Å². The first-order chi connectivity index (χ1) is 10.2. The maximum Gasteiger partial charge on any atom is 0.318 e. The first kappa shape index (κ1) is 14.6. The average molecular weight is 281 g/mol. The highest BCUT2D eigenvalue weighted by Crippen LogP contribution is 2.28. The van der Waals surface area contributed by atoms with Crippen LogP contribution in [0.15, 0.2) is 54.6 Å². The predicted octanol–water partition coefficient (Wildman–Crippen LogP) is 3.35. The molecule has 0 unspecified atom stereocenters. The van der Waals surface area contributed by atoms with Gasteiger partial charge >= 0.3 is 5.97 Å². The normalized spacial score (nSPS) is 11.4. The molecule has 2 aromatic carbocycles. The Morgan fingerprint density at radius 1 is 1.14 bits per heavy atom. The number of carboxylic acids is 1. The summed E-state index contributed by atoms with van der Waals surface area (Å²) in [5, 5.41) is 9.27. The number of aliphatic carboxylic acids is 1. The summed E-state index contributed by atoms with van der Waals surface area (Å²) >= 11 is 0. The summed E-state index contributed by atoms with van der Waals surface area (Å²) in [6.45, 7) is 7.17. The number of carboxylic acid groups (broad SMARTS) is 1. The van der Waals surface area contributed by atoms with Crippen molar-refractivity contribution in [2.45, 2.75) is 12.5 Å². The van der Waals surface area contributed by atoms with Gasteiger partial charge in [-0.3, -0.25) is 4.79 Å². The lowest BCUT2D eigenvalue weighted by molar-refractivity contribution is -0.138. The molecular weight excluding hydrogens is 266 g/mol. The quantitative estimate of drug-likeness (QED) is 0.826. The number of rotatable bonds is 6. The lowest BCUT2D eigenvalue weighted by Crippen LogP contribution is -2.15. The van der Waals surface area contributed by atoms with Crippen LogP contribution in [0.3, 0.4) is 0 Å². The van der Waals surface area contributed by atoms with E-state index in [1.54, 1.807) is 24.3 Å². The second kappa shape index (κ2) is 7.11. The highest BCUT2D eigenvalue weighted by molar-refractivity contribution is 5.77. The molecule has 4 heteroatoms. The third-order valence-corrected chi connectivity index (χ3v) is 3.10. The minimum Gasteiger partial charge on any atom is -0.489 e. The van der Waals surface area contributed by atoms with E-state index in [0.29, 0.717) is 17.9 Å². The van der Waals surface area contributed by atoms with Crippen LogP contribution >= 0.6 is 0 Å². The molecule has 0 saturated heterocycles. The molecule has 0 heterocycles. The molecule has 4 nitrogen and oxygen atoms in total. The van der Waals surface area contributed by atoms with Gasteiger partial charge in [0.25, 0.3) is 0 Å². The van der Waals surface area contributed by atoms with Gasteiger partial charge in [0.1, 0.15) is 12.4 Å². The number of hydrogen-bond acceptors (Lipinski definition) is 2. The molecular formula is C17H15NO3. The molecule has 0 spiro atoms. The third-order valence-electron chi connectivity index (χ3n) is 3.10. The van der Waals surface area contributed by atoms with Crippen molar-refractivity contribution >= 4 is 5.97 Å². The average Bonchev–Trinajstić information content (AvgIpc) is 2.52. The standard InChI is InChI=1S/C17H15NO3/c1-18-11-15(17(19)20)14-9-5-6-10-16(14)21-12-13-7-3-2-4-8-13/h2-10,15H,11-12H2,(H,19,20)/t15-/m1/s1. The number of ether oxygens (including phenoxy) is 1. The number of nitrogens with zero attached hydrogens (tertiary/aromatic N) is 1. The van der Waals surface area contributed by atoms with Crippen LogP contribution in [0.1, 0.15) is 17.0 Å². The van der Waals surface area contributed by atoms with Crippen molar-refractivity contribution < 1.29 is 14.6 Å². The van der Waals surface area contributed by atoms with E-state index in [1.165, 1.54) is 0 Å². The Labute approximate surface area is 123 Å². The Morgan fingerprint density at radius 2 is 1.81 bits per heavy atom. The predicted molar refractivity (Wildman–Crippen MR) is 79.1 cm³/mol. The molecule has 1 atom stereocenters. The summed E-state index contributed by atoms with van der Waals surface area (Å²) in [7, 11) is 0. The molecule has 2 rings (SSSR count). The van der Waals surface area contributed by atoms with E-state index in [9.17, 15) is 9.90 Å². The van der Waals surface area contributed by atoms with Crippen LogP contribution in [-0.4, -0.2) is 17.6 Å². The van der Waals surface area contributed by atoms with Gasteiger partial charge in [0.05, 0.1) is 0 Å². The van der Waals surface area contributed by atoms with Crippen molar-refractivity contribution in [2.24, 2.45) is 0 Å². The number of carbonyl (C=O) groups is 1. The largest absolute Gasteiger partial charge is 0.489 e. The molecule has 1 N–H and O–H groups in total. The number of benzene rings is 2. The third kappa shape index (κ3) is 3.83. The van der Waals surface area contributed by atoms with Gasteiger partial charge in [0.2, 0.25) is 6.54 Å². The lowest BCUT2D eigenvalue weighted by atomic mass is 9.98. The summed E-state index contributed by atoms with van der Waals surface area (Å²) < 4.78 is 5.73. The second-order valence-corrected chi connectivity index (χ2v) is 4.54. The number of hydrogen-bond donors (Lipinski definition) is 1. The summed E-state index contributed by atoms with van der Waals surface area (Å²) in [5.41, 5.74) is 1.54. The Balaban J connectivity index is 2.20. The maximum atomic E-state index is 11.3. The highest BCUT2D eigenvalue weighted by Gasteiger charge is 2.26. The monoisotopic (exact) mass is 281 g/mol. The topological polar surface area (TPSA) is 50.9 Å². The summed E-state index contributed by atoms with van der Waals surface area (Å²) in [5.74, 6) is -1.37. The summed E-state index contributed by atoms with van der Waals surface area (Å²) in [4.78, 5) is 14.5. The molecule has 2 aromatic rings. The van der Waals surface area contributed by atoms with Gasteiger partial charge in [-0.25, -0.2) is 6.57 Å². The fraction of sp³-hybridized carbons (Fsp3) is 0.176. The molecule has 21 heavy (non-hydrogen) atoms. The minimum atomic E-state index is -1.01.